The Hall–Kier alpha value is -1.64. The molecule has 1 unspecified atom stereocenters. The van der Waals surface area contributed by atoms with Crippen LogP contribution in [0.3, 0.4) is 0 Å². The number of hydrogen-bond acceptors (Lipinski definition) is 4. The minimum atomic E-state index is -3.52. The predicted molar refractivity (Wildman–Crippen MR) is 86.0 cm³/mol. The molecule has 2 N–H and O–H groups in total. The van der Waals surface area contributed by atoms with Gasteiger partial charge in [-0.2, -0.15) is 0 Å². The molecule has 23 heavy (non-hydrogen) atoms. The van der Waals surface area contributed by atoms with E-state index in [0.29, 0.717) is 10.5 Å². The van der Waals surface area contributed by atoms with Crippen molar-refractivity contribution in [2.45, 2.75) is 22.8 Å². The van der Waals surface area contributed by atoms with Gasteiger partial charge in [-0.1, -0.05) is 17.8 Å². The summed E-state index contributed by atoms with van der Waals surface area (Å²) in [6.45, 7) is 1.56. The molecule has 0 spiro atoms. The number of aliphatic hydroxyl groups is 1. The first-order valence-electron chi connectivity index (χ1n) is 6.58. The van der Waals surface area contributed by atoms with Crippen LogP contribution in [0.15, 0.2) is 46.2 Å². The highest BCUT2D eigenvalue weighted by molar-refractivity contribution is 7.99. The van der Waals surface area contributed by atoms with Crippen LogP contribution in [0.5, 0.6) is 0 Å². The third-order valence-electron chi connectivity index (χ3n) is 2.90. The summed E-state index contributed by atoms with van der Waals surface area (Å²) in [5.41, 5.74) is 0.805. The van der Waals surface area contributed by atoms with Gasteiger partial charge in [-0.3, -0.25) is 4.72 Å². The normalized spacial score (nSPS) is 12.9. The molecule has 0 fully saturated rings. The molecule has 0 saturated heterocycles. The molecule has 0 aliphatic heterocycles. The van der Waals surface area contributed by atoms with Crippen molar-refractivity contribution >= 4 is 27.5 Å². The Morgan fingerprint density at radius 3 is 2.39 bits per heavy atom. The van der Waals surface area contributed by atoms with Gasteiger partial charge in [0.2, 0.25) is 10.0 Å². The van der Waals surface area contributed by atoms with Gasteiger partial charge in [0.1, 0.15) is 11.6 Å². The number of benzene rings is 2. The Kier molecular flexibility index (Phi) is 5.28. The number of hydrogen-bond donors (Lipinski definition) is 2. The third kappa shape index (κ3) is 4.92. The Balaban J connectivity index is 2.46. The second-order valence-electron chi connectivity index (χ2n) is 4.98. The van der Waals surface area contributed by atoms with Crippen LogP contribution in [0.2, 0.25) is 0 Å². The summed E-state index contributed by atoms with van der Waals surface area (Å²) in [7, 11) is -3.52. The van der Waals surface area contributed by atoms with Gasteiger partial charge < -0.3 is 5.11 Å². The smallest absolute Gasteiger partial charge is 0.229 e. The Bertz CT molecular complexity index is 823. The molecule has 8 heteroatoms. The van der Waals surface area contributed by atoms with Crippen molar-refractivity contribution in [1.82, 2.24) is 0 Å². The predicted octanol–water partition coefficient (Wildman–Crippen LogP) is 3.54. The number of sulfonamides is 1. The van der Waals surface area contributed by atoms with Crippen LogP contribution < -0.4 is 4.72 Å². The van der Waals surface area contributed by atoms with Crippen LogP contribution in [-0.2, 0) is 10.0 Å². The van der Waals surface area contributed by atoms with Crippen molar-refractivity contribution in [3.8, 4) is 0 Å². The van der Waals surface area contributed by atoms with Gasteiger partial charge in [-0.15, -0.1) is 0 Å². The van der Waals surface area contributed by atoms with E-state index in [2.05, 4.69) is 4.72 Å². The highest BCUT2D eigenvalue weighted by Gasteiger charge is 2.14. The number of nitrogens with one attached hydrogen (secondary N) is 1. The molecule has 0 bridgehead atoms. The molecule has 4 nitrogen and oxygen atoms in total. The first-order chi connectivity index (χ1) is 10.7. The van der Waals surface area contributed by atoms with E-state index in [0.717, 1.165) is 30.2 Å². The molecule has 0 amide bonds. The van der Waals surface area contributed by atoms with Gasteiger partial charge in [-0.25, -0.2) is 17.2 Å². The van der Waals surface area contributed by atoms with Gasteiger partial charge in [0, 0.05) is 15.9 Å². The summed E-state index contributed by atoms with van der Waals surface area (Å²) in [4.78, 5) is 0.546. The first kappa shape index (κ1) is 17.7. The molecule has 2 aromatic rings. The maximum atomic E-state index is 13.8. The molecule has 0 aliphatic rings. The minimum Gasteiger partial charge on any atom is -0.389 e. The maximum Gasteiger partial charge on any atom is 0.229 e. The van der Waals surface area contributed by atoms with Gasteiger partial charge in [-0.05, 0) is 36.8 Å². The summed E-state index contributed by atoms with van der Waals surface area (Å²) in [5, 5.41) is 9.66. The van der Waals surface area contributed by atoms with Crippen LogP contribution in [0.4, 0.5) is 14.5 Å². The highest BCUT2D eigenvalue weighted by Crippen LogP contribution is 2.37. The van der Waals surface area contributed by atoms with E-state index in [1.54, 1.807) is 19.1 Å². The van der Waals surface area contributed by atoms with Gasteiger partial charge in [0.25, 0.3) is 0 Å². The van der Waals surface area contributed by atoms with Gasteiger partial charge >= 0.3 is 0 Å². The van der Waals surface area contributed by atoms with Crippen LogP contribution in [0, 0.1) is 11.6 Å². The van der Waals surface area contributed by atoms with Crippen LogP contribution in [0.1, 0.15) is 18.6 Å². The monoisotopic (exact) mass is 359 g/mol. The zero-order chi connectivity index (χ0) is 17.2. The Morgan fingerprint density at radius 1 is 1.13 bits per heavy atom. The van der Waals surface area contributed by atoms with E-state index in [-0.39, 0.29) is 10.6 Å². The molecule has 0 aromatic heterocycles. The second kappa shape index (κ2) is 6.86. The number of rotatable bonds is 5. The largest absolute Gasteiger partial charge is 0.389 e. The van der Waals surface area contributed by atoms with Gasteiger partial charge in [0.15, 0.2) is 0 Å². The van der Waals surface area contributed by atoms with E-state index in [1.165, 1.54) is 12.1 Å². The van der Waals surface area contributed by atoms with E-state index < -0.39 is 27.8 Å². The Labute approximate surface area is 137 Å². The topological polar surface area (TPSA) is 66.4 Å². The fourth-order valence-corrected chi connectivity index (χ4v) is 3.44. The summed E-state index contributed by atoms with van der Waals surface area (Å²) >= 11 is 0.942. The summed E-state index contributed by atoms with van der Waals surface area (Å²) in [6.07, 6.45) is 0.238. The summed E-state index contributed by atoms with van der Waals surface area (Å²) < 4.78 is 52.0. The van der Waals surface area contributed by atoms with Gasteiger partial charge in [0.05, 0.1) is 18.0 Å². The van der Waals surface area contributed by atoms with Crippen molar-refractivity contribution in [3.63, 3.8) is 0 Å². The first-order valence-corrected chi connectivity index (χ1v) is 9.29. The molecule has 0 saturated carbocycles. The quantitative estimate of drug-likeness (QED) is 0.857. The fraction of sp³-hybridized carbons (Fsp3) is 0.200. The molecule has 1 atom stereocenters. The fourth-order valence-electron chi connectivity index (χ4n) is 1.84. The number of halogens is 2. The summed E-state index contributed by atoms with van der Waals surface area (Å²) in [5.74, 6) is -1.44. The molecule has 0 aliphatic carbocycles. The number of anilines is 1. The third-order valence-corrected chi connectivity index (χ3v) is 4.60. The van der Waals surface area contributed by atoms with Crippen LogP contribution >= 0.6 is 11.8 Å². The lowest BCUT2D eigenvalue weighted by molar-refractivity contribution is 0.199. The van der Waals surface area contributed by atoms with E-state index in [4.69, 9.17) is 0 Å². The lowest BCUT2D eigenvalue weighted by atomic mass is 10.1. The lowest BCUT2D eigenvalue weighted by Gasteiger charge is -2.14. The maximum absolute atomic E-state index is 13.8. The molecule has 2 aromatic carbocycles. The van der Waals surface area contributed by atoms with Crippen molar-refractivity contribution < 1.29 is 22.3 Å². The van der Waals surface area contributed by atoms with Crippen molar-refractivity contribution in [2.24, 2.45) is 0 Å². The Morgan fingerprint density at radius 2 is 1.83 bits per heavy atom. The lowest BCUT2D eigenvalue weighted by Crippen LogP contribution is -2.10. The zero-order valence-electron chi connectivity index (χ0n) is 12.4. The van der Waals surface area contributed by atoms with E-state index in [9.17, 15) is 22.3 Å². The molecular weight excluding hydrogens is 344 g/mol. The average Bonchev–Trinajstić information content (AvgIpc) is 2.41. The zero-order valence-corrected chi connectivity index (χ0v) is 14.0. The SMILES string of the molecule is CC(O)c1ccc(NS(C)(=O)=O)c(Sc2ccc(F)cc2F)c1. The summed E-state index contributed by atoms with van der Waals surface area (Å²) in [6, 6.07) is 7.77. The molecule has 2 rings (SSSR count). The molecule has 0 heterocycles. The van der Waals surface area contributed by atoms with Crippen molar-refractivity contribution in [3.05, 3.63) is 53.6 Å². The standard InChI is InChI=1S/C15H15F2NO3S2/c1-9(19)10-3-5-13(18-23(2,20)21)15(7-10)22-14-6-4-11(16)8-12(14)17/h3-9,18-19H,1-2H3. The number of aliphatic hydroxyl groups excluding tert-OH is 1. The second-order valence-corrected chi connectivity index (χ2v) is 7.81. The van der Waals surface area contributed by atoms with Crippen LogP contribution in [0.25, 0.3) is 0 Å². The average molecular weight is 359 g/mol. The van der Waals surface area contributed by atoms with Crippen LogP contribution in [-0.4, -0.2) is 19.8 Å². The van der Waals surface area contributed by atoms with Crippen molar-refractivity contribution in [1.29, 1.82) is 0 Å². The molecular formula is C15H15F2NO3S2. The van der Waals surface area contributed by atoms with Crippen molar-refractivity contribution in [2.75, 3.05) is 11.0 Å². The molecule has 0 radical (unpaired) electrons. The highest BCUT2D eigenvalue weighted by atomic mass is 32.2. The minimum absolute atomic E-state index is 0.144. The van der Waals surface area contributed by atoms with E-state index >= 15 is 0 Å². The molecule has 124 valence electrons. The van der Waals surface area contributed by atoms with E-state index in [1.807, 2.05) is 0 Å².